The highest BCUT2D eigenvalue weighted by atomic mass is 32.2. The zero-order chi connectivity index (χ0) is 8.74. The molecule has 0 rings (SSSR count). The molecule has 0 atom stereocenters. The number of nitrogens with two attached hydrogens (primary N) is 1. The highest BCUT2D eigenvalue weighted by Crippen LogP contribution is 2.10. The Morgan fingerprint density at radius 2 is 2.18 bits per heavy atom. The highest BCUT2D eigenvalue weighted by molar-refractivity contribution is 7.98. The second-order valence-corrected chi connectivity index (χ2v) is 3.09. The molecule has 0 aliphatic heterocycles. The van der Waals surface area contributed by atoms with Crippen LogP contribution >= 0.6 is 11.8 Å². The third-order valence-electron chi connectivity index (χ3n) is 1.04. The van der Waals surface area contributed by atoms with Crippen molar-refractivity contribution in [3.05, 3.63) is 0 Å². The lowest BCUT2D eigenvalue weighted by Gasteiger charge is -2.13. The van der Waals surface area contributed by atoms with Crippen molar-refractivity contribution >= 4 is 11.8 Å². The summed E-state index contributed by atoms with van der Waals surface area (Å²) in [6, 6.07) is 0. The van der Waals surface area contributed by atoms with Gasteiger partial charge in [0.05, 0.1) is 13.2 Å². The van der Waals surface area contributed by atoms with Gasteiger partial charge in [0.2, 0.25) is 0 Å². The molecule has 0 aliphatic rings. The van der Waals surface area contributed by atoms with E-state index in [1.54, 1.807) is 11.8 Å². The molecule has 0 saturated carbocycles. The average molecular weight is 185 g/mol. The fraction of sp³-hybridized carbons (Fsp3) is 1.00. The normalized spacial score (nSPS) is 12.0. The molecule has 0 spiro atoms. The van der Waals surface area contributed by atoms with Gasteiger partial charge in [0.1, 0.15) is 6.61 Å². The van der Waals surface area contributed by atoms with Gasteiger partial charge in [-0.15, -0.1) is 0 Å². The van der Waals surface area contributed by atoms with Crippen LogP contribution in [0.3, 0.4) is 0 Å². The molecule has 0 aromatic rings. The van der Waals surface area contributed by atoms with Crippen molar-refractivity contribution in [1.82, 2.24) is 0 Å². The molecule has 0 amide bonds. The molecule has 11 heavy (non-hydrogen) atoms. The number of ether oxygens (including phenoxy) is 1. The van der Waals surface area contributed by atoms with E-state index in [2.05, 4.69) is 4.74 Å². The lowest BCUT2D eigenvalue weighted by molar-refractivity contribution is -0.0660. The number of rotatable bonds is 6. The maximum Gasteiger partial charge on any atom is 0.282 e. The Kier molecular flexibility index (Phi) is 5.81. The van der Waals surface area contributed by atoms with Gasteiger partial charge in [0, 0.05) is 5.75 Å². The van der Waals surface area contributed by atoms with Crippen LogP contribution < -0.4 is 5.73 Å². The molecule has 0 aromatic heterocycles. The molecule has 0 radical (unpaired) electrons. The van der Waals surface area contributed by atoms with E-state index in [1.807, 2.05) is 6.26 Å². The first-order valence-electron chi connectivity index (χ1n) is 3.27. The summed E-state index contributed by atoms with van der Waals surface area (Å²) < 4.78 is 29.3. The smallest absolute Gasteiger partial charge is 0.282 e. The SMILES string of the molecule is CSCCOCC(F)(F)CN. The molecule has 2 nitrogen and oxygen atoms in total. The Labute approximate surface area is 69.5 Å². The number of hydrogen-bond acceptors (Lipinski definition) is 3. The van der Waals surface area contributed by atoms with E-state index in [1.165, 1.54) is 0 Å². The van der Waals surface area contributed by atoms with Gasteiger partial charge in [0.25, 0.3) is 5.92 Å². The molecule has 5 heteroatoms. The fourth-order valence-electron chi connectivity index (χ4n) is 0.423. The third kappa shape index (κ3) is 6.52. The molecular weight excluding hydrogens is 172 g/mol. The van der Waals surface area contributed by atoms with E-state index in [0.717, 1.165) is 5.75 Å². The van der Waals surface area contributed by atoms with Crippen LogP contribution in [-0.4, -0.2) is 37.7 Å². The van der Waals surface area contributed by atoms with E-state index in [9.17, 15) is 8.78 Å². The summed E-state index contributed by atoms with van der Waals surface area (Å²) in [5.41, 5.74) is 4.79. The maximum absolute atomic E-state index is 12.3. The third-order valence-corrected chi connectivity index (χ3v) is 1.62. The first-order valence-corrected chi connectivity index (χ1v) is 4.66. The van der Waals surface area contributed by atoms with Crippen LogP contribution in [0.15, 0.2) is 0 Å². The molecule has 0 saturated heterocycles. The molecule has 0 fully saturated rings. The molecule has 0 bridgehead atoms. The Balaban J connectivity index is 3.23. The summed E-state index contributed by atoms with van der Waals surface area (Å²) in [7, 11) is 0. The summed E-state index contributed by atoms with van der Waals surface area (Å²) in [4.78, 5) is 0. The fourth-order valence-corrected chi connectivity index (χ4v) is 0.707. The van der Waals surface area contributed by atoms with E-state index in [0.29, 0.717) is 6.61 Å². The molecular formula is C6H13F2NOS. The largest absolute Gasteiger partial charge is 0.374 e. The summed E-state index contributed by atoms with van der Waals surface area (Å²) >= 11 is 1.56. The van der Waals surface area contributed by atoms with Crippen molar-refractivity contribution in [3.63, 3.8) is 0 Å². The number of alkyl halides is 2. The second-order valence-electron chi connectivity index (χ2n) is 2.11. The van der Waals surface area contributed by atoms with Gasteiger partial charge in [-0.1, -0.05) is 0 Å². The van der Waals surface area contributed by atoms with Crippen LogP contribution in [0.4, 0.5) is 8.78 Å². The minimum absolute atomic E-state index is 0.358. The van der Waals surface area contributed by atoms with Crippen molar-refractivity contribution in [2.24, 2.45) is 5.73 Å². The van der Waals surface area contributed by atoms with Crippen molar-refractivity contribution in [2.75, 3.05) is 31.8 Å². The monoisotopic (exact) mass is 185 g/mol. The first-order chi connectivity index (χ1) is 5.12. The molecule has 2 N–H and O–H groups in total. The summed E-state index contributed by atoms with van der Waals surface area (Å²) in [5, 5.41) is 0. The Morgan fingerprint density at radius 3 is 2.64 bits per heavy atom. The van der Waals surface area contributed by atoms with Crippen molar-refractivity contribution in [3.8, 4) is 0 Å². The van der Waals surface area contributed by atoms with Crippen molar-refractivity contribution in [2.45, 2.75) is 5.92 Å². The van der Waals surface area contributed by atoms with Crippen LogP contribution in [-0.2, 0) is 4.74 Å². The van der Waals surface area contributed by atoms with E-state index < -0.39 is 19.1 Å². The minimum atomic E-state index is -2.86. The Hall–Kier alpha value is 0.130. The van der Waals surface area contributed by atoms with Gasteiger partial charge in [-0.3, -0.25) is 0 Å². The van der Waals surface area contributed by atoms with Crippen molar-refractivity contribution < 1.29 is 13.5 Å². The average Bonchev–Trinajstić information content (AvgIpc) is 1.99. The Bertz CT molecular complexity index is 103. The summed E-state index contributed by atoms with van der Waals surface area (Å²) in [5.74, 6) is -2.13. The van der Waals surface area contributed by atoms with Crippen LogP contribution in [0.5, 0.6) is 0 Å². The van der Waals surface area contributed by atoms with E-state index in [-0.39, 0.29) is 0 Å². The second kappa shape index (κ2) is 5.74. The maximum atomic E-state index is 12.3. The van der Waals surface area contributed by atoms with Gasteiger partial charge < -0.3 is 10.5 Å². The van der Waals surface area contributed by atoms with Gasteiger partial charge >= 0.3 is 0 Å². The van der Waals surface area contributed by atoms with E-state index >= 15 is 0 Å². The van der Waals surface area contributed by atoms with Crippen LogP contribution in [0, 0.1) is 0 Å². The number of hydrogen-bond donors (Lipinski definition) is 1. The summed E-state index contributed by atoms with van der Waals surface area (Å²) in [6.07, 6.45) is 1.89. The molecule has 0 aliphatic carbocycles. The van der Waals surface area contributed by atoms with Crippen LogP contribution in [0.25, 0.3) is 0 Å². The van der Waals surface area contributed by atoms with E-state index in [4.69, 9.17) is 5.73 Å². The predicted molar refractivity (Wildman–Crippen MR) is 43.2 cm³/mol. The predicted octanol–water partition coefficient (Wildman–Crippen LogP) is 0.960. The van der Waals surface area contributed by atoms with Crippen molar-refractivity contribution in [1.29, 1.82) is 0 Å². The molecule has 0 unspecified atom stereocenters. The molecule has 0 aromatic carbocycles. The highest BCUT2D eigenvalue weighted by Gasteiger charge is 2.26. The quantitative estimate of drug-likeness (QED) is 0.626. The van der Waals surface area contributed by atoms with Gasteiger partial charge in [-0.25, -0.2) is 8.78 Å². The topological polar surface area (TPSA) is 35.2 Å². The number of thioether (sulfide) groups is 1. The van der Waals surface area contributed by atoms with Gasteiger partial charge in [-0.2, -0.15) is 11.8 Å². The number of halogens is 2. The minimum Gasteiger partial charge on any atom is -0.374 e. The first kappa shape index (κ1) is 11.1. The Morgan fingerprint density at radius 1 is 1.55 bits per heavy atom. The van der Waals surface area contributed by atoms with Crippen LogP contribution in [0.1, 0.15) is 0 Å². The molecule has 0 heterocycles. The zero-order valence-electron chi connectivity index (χ0n) is 6.48. The van der Waals surface area contributed by atoms with Crippen LogP contribution in [0.2, 0.25) is 0 Å². The van der Waals surface area contributed by atoms with Gasteiger partial charge in [-0.05, 0) is 6.26 Å². The lowest BCUT2D eigenvalue weighted by Crippen LogP contribution is -2.33. The van der Waals surface area contributed by atoms with Gasteiger partial charge in [0.15, 0.2) is 0 Å². The lowest BCUT2D eigenvalue weighted by atomic mass is 10.4. The zero-order valence-corrected chi connectivity index (χ0v) is 7.29. The molecule has 68 valence electrons. The summed E-state index contributed by atoms with van der Waals surface area (Å²) in [6.45, 7) is -0.854. The standard InChI is InChI=1S/C6H13F2NOS/c1-11-3-2-10-5-6(7,8)4-9/h2-5,9H2,1H3.